The van der Waals surface area contributed by atoms with Gasteiger partial charge in [0.25, 0.3) is 5.91 Å². The second-order valence-corrected chi connectivity index (χ2v) is 8.16. The Balaban J connectivity index is 1.87. The SMILES string of the molecule is COc1ccc(C(=O)Nc2cc(Cl)c(O)c(Cl)c2)cc1C(O)Nc1cc(Cl)c(O)c(Cl)c1. The number of phenols is 2. The van der Waals surface area contributed by atoms with Crippen LogP contribution in [0, 0.1) is 0 Å². The van der Waals surface area contributed by atoms with E-state index >= 15 is 0 Å². The lowest BCUT2D eigenvalue weighted by molar-refractivity contribution is 0.102. The molecule has 0 saturated carbocycles. The molecule has 3 rings (SSSR count). The maximum absolute atomic E-state index is 12.7. The number of anilines is 2. The molecule has 0 heterocycles. The van der Waals surface area contributed by atoms with Crippen LogP contribution in [0.5, 0.6) is 17.2 Å². The Morgan fingerprint density at radius 3 is 1.88 bits per heavy atom. The summed E-state index contributed by atoms with van der Waals surface area (Å²) in [5, 5.41) is 35.4. The number of benzene rings is 3. The third-order valence-corrected chi connectivity index (χ3v) is 5.53. The summed E-state index contributed by atoms with van der Waals surface area (Å²) in [5.41, 5.74) is 1.05. The maximum atomic E-state index is 12.7. The van der Waals surface area contributed by atoms with Crippen LogP contribution in [0.25, 0.3) is 0 Å². The number of carbonyl (C=O) groups is 1. The van der Waals surface area contributed by atoms with Gasteiger partial charge in [0.2, 0.25) is 0 Å². The normalized spacial score (nSPS) is 11.7. The lowest BCUT2D eigenvalue weighted by atomic mass is 10.1. The lowest BCUT2D eigenvalue weighted by Crippen LogP contribution is -2.15. The van der Waals surface area contributed by atoms with Crippen molar-refractivity contribution in [3.63, 3.8) is 0 Å². The van der Waals surface area contributed by atoms with Crippen LogP contribution in [0.1, 0.15) is 22.1 Å². The van der Waals surface area contributed by atoms with Crippen LogP contribution in [0.4, 0.5) is 11.4 Å². The number of carbonyl (C=O) groups excluding carboxylic acids is 1. The van der Waals surface area contributed by atoms with E-state index in [9.17, 15) is 20.1 Å². The van der Waals surface area contributed by atoms with Gasteiger partial charge in [-0.3, -0.25) is 4.79 Å². The van der Waals surface area contributed by atoms with E-state index in [0.717, 1.165) is 0 Å². The summed E-state index contributed by atoms with van der Waals surface area (Å²) in [5.74, 6) is -0.774. The quantitative estimate of drug-likeness (QED) is 0.200. The van der Waals surface area contributed by atoms with Crippen molar-refractivity contribution in [2.24, 2.45) is 0 Å². The molecule has 3 aromatic rings. The molecule has 0 aromatic heterocycles. The number of amides is 1. The fourth-order valence-electron chi connectivity index (χ4n) is 2.81. The molecule has 0 radical (unpaired) electrons. The van der Waals surface area contributed by atoms with Crippen molar-refractivity contribution in [3.8, 4) is 17.2 Å². The zero-order valence-electron chi connectivity index (χ0n) is 16.3. The smallest absolute Gasteiger partial charge is 0.255 e. The highest BCUT2D eigenvalue weighted by atomic mass is 35.5. The van der Waals surface area contributed by atoms with E-state index in [-0.39, 0.29) is 48.4 Å². The number of hydrogen-bond acceptors (Lipinski definition) is 6. The zero-order chi connectivity index (χ0) is 23.6. The molecule has 0 saturated heterocycles. The van der Waals surface area contributed by atoms with Crippen LogP contribution < -0.4 is 15.4 Å². The second kappa shape index (κ2) is 9.94. The van der Waals surface area contributed by atoms with Gasteiger partial charge in [-0.1, -0.05) is 46.4 Å². The Bertz CT molecular complexity index is 1140. The van der Waals surface area contributed by atoms with Gasteiger partial charge >= 0.3 is 0 Å². The van der Waals surface area contributed by atoms with Crippen LogP contribution in [0.3, 0.4) is 0 Å². The minimum Gasteiger partial charge on any atom is -0.505 e. The molecule has 0 aliphatic rings. The largest absolute Gasteiger partial charge is 0.505 e. The molecule has 32 heavy (non-hydrogen) atoms. The molecular weight excluding hydrogens is 502 g/mol. The summed E-state index contributed by atoms with van der Waals surface area (Å²) < 4.78 is 5.28. The Morgan fingerprint density at radius 2 is 1.38 bits per heavy atom. The van der Waals surface area contributed by atoms with Crippen LogP contribution in [0.15, 0.2) is 42.5 Å². The molecule has 11 heteroatoms. The number of phenolic OH excluding ortho intramolecular Hbond substituents is 2. The van der Waals surface area contributed by atoms with Crippen LogP contribution in [-0.2, 0) is 0 Å². The molecule has 1 unspecified atom stereocenters. The van der Waals surface area contributed by atoms with Gasteiger partial charge in [0.15, 0.2) is 17.7 Å². The molecular formula is C21H16Cl4N2O5. The van der Waals surface area contributed by atoms with Gasteiger partial charge in [-0.25, -0.2) is 0 Å². The van der Waals surface area contributed by atoms with Crippen molar-refractivity contribution in [3.05, 3.63) is 73.7 Å². The van der Waals surface area contributed by atoms with Gasteiger partial charge in [-0.15, -0.1) is 0 Å². The number of aliphatic hydroxyl groups is 1. The molecule has 0 aliphatic heterocycles. The number of aliphatic hydroxyl groups excluding tert-OH is 1. The van der Waals surface area contributed by atoms with Crippen molar-refractivity contribution in [2.45, 2.75) is 6.23 Å². The first-order chi connectivity index (χ1) is 15.1. The van der Waals surface area contributed by atoms with Gasteiger partial charge < -0.3 is 30.7 Å². The highest BCUT2D eigenvalue weighted by Gasteiger charge is 2.18. The molecule has 0 aliphatic carbocycles. The van der Waals surface area contributed by atoms with Gasteiger partial charge in [0.05, 0.1) is 27.2 Å². The molecule has 7 nitrogen and oxygen atoms in total. The number of aromatic hydroxyl groups is 2. The Labute approximate surface area is 203 Å². The summed E-state index contributed by atoms with van der Waals surface area (Å²) in [4.78, 5) is 12.7. The van der Waals surface area contributed by atoms with Crippen molar-refractivity contribution in [1.29, 1.82) is 0 Å². The summed E-state index contributed by atoms with van der Waals surface area (Å²) >= 11 is 23.6. The molecule has 3 aromatic carbocycles. The number of ether oxygens (including phenoxy) is 1. The molecule has 1 atom stereocenters. The van der Waals surface area contributed by atoms with Crippen LogP contribution in [-0.4, -0.2) is 28.3 Å². The minimum atomic E-state index is -1.31. The highest BCUT2D eigenvalue weighted by molar-refractivity contribution is 6.38. The van der Waals surface area contributed by atoms with E-state index < -0.39 is 12.1 Å². The van der Waals surface area contributed by atoms with E-state index in [1.165, 1.54) is 49.6 Å². The summed E-state index contributed by atoms with van der Waals surface area (Å²) in [6.45, 7) is 0. The van der Waals surface area contributed by atoms with Gasteiger partial charge in [0.1, 0.15) is 5.75 Å². The van der Waals surface area contributed by atoms with Gasteiger partial charge in [-0.05, 0) is 42.5 Å². The number of methoxy groups -OCH3 is 1. The lowest BCUT2D eigenvalue weighted by Gasteiger charge is -2.19. The maximum Gasteiger partial charge on any atom is 0.255 e. The number of halogens is 4. The van der Waals surface area contributed by atoms with E-state index in [0.29, 0.717) is 11.4 Å². The Kier molecular flexibility index (Phi) is 7.48. The minimum absolute atomic E-state index is 0.00138. The topological polar surface area (TPSA) is 111 Å². The van der Waals surface area contributed by atoms with Crippen molar-refractivity contribution >= 4 is 63.7 Å². The molecule has 0 fully saturated rings. The fourth-order valence-corrected chi connectivity index (χ4v) is 3.79. The highest BCUT2D eigenvalue weighted by Crippen LogP contribution is 2.37. The predicted octanol–water partition coefficient (Wildman–Crippen LogP) is 6.08. The fraction of sp³-hybridized carbons (Fsp3) is 0.0952. The first-order valence-electron chi connectivity index (χ1n) is 8.90. The van der Waals surface area contributed by atoms with Gasteiger partial charge in [0, 0.05) is 22.5 Å². The third-order valence-electron chi connectivity index (χ3n) is 4.38. The first-order valence-corrected chi connectivity index (χ1v) is 10.4. The number of hydrogen-bond donors (Lipinski definition) is 5. The van der Waals surface area contributed by atoms with Crippen LogP contribution >= 0.6 is 46.4 Å². The molecule has 1 amide bonds. The third kappa shape index (κ3) is 5.26. The molecule has 5 N–H and O–H groups in total. The summed E-state index contributed by atoms with van der Waals surface area (Å²) in [6, 6.07) is 9.91. The van der Waals surface area contributed by atoms with E-state index in [2.05, 4.69) is 10.6 Å². The monoisotopic (exact) mass is 516 g/mol. The van der Waals surface area contributed by atoms with Crippen molar-refractivity contribution < 1.29 is 24.9 Å². The summed E-state index contributed by atoms with van der Waals surface area (Å²) in [7, 11) is 1.42. The number of nitrogens with one attached hydrogen (secondary N) is 2. The Hall–Kier alpha value is -2.55. The van der Waals surface area contributed by atoms with E-state index in [1.807, 2.05) is 0 Å². The van der Waals surface area contributed by atoms with Gasteiger partial charge in [-0.2, -0.15) is 0 Å². The van der Waals surface area contributed by atoms with Crippen LogP contribution in [0.2, 0.25) is 20.1 Å². The average Bonchev–Trinajstić information content (AvgIpc) is 2.75. The van der Waals surface area contributed by atoms with Crippen molar-refractivity contribution in [2.75, 3.05) is 17.7 Å². The molecule has 168 valence electrons. The van der Waals surface area contributed by atoms with E-state index in [1.54, 1.807) is 0 Å². The zero-order valence-corrected chi connectivity index (χ0v) is 19.3. The second-order valence-electron chi connectivity index (χ2n) is 6.53. The standard InChI is InChI=1S/C21H16Cl4N2O5/c1-32-17-3-2-9(20(30)26-10-5-13(22)18(28)14(23)6-10)4-12(17)21(31)27-11-7-15(24)19(29)16(25)8-11/h2-8,21,27-29,31H,1H3,(H,26,30). The first kappa shape index (κ1) is 24.1. The average molecular weight is 518 g/mol. The summed E-state index contributed by atoms with van der Waals surface area (Å²) in [6.07, 6.45) is -1.31. The predicted molar refractivity (Wildman–Crippen MR) is 126 cm³/mol. The molecule has 0 bridgehead atoms. The number of rotatable bonds is 6. The van der Waals surface area contributed by atoms with E-state index in [4.69, 9.17) is 51.1 Å². The molecule has 0 spiro atoms. The Morgan fingerprint density at radius 1 is 0.875 bits per heavy atom. The van der Waals surface area contributed by atoms with Crippen molar-refractivity contribution in [1.82, 2.24) is 0 Å².